The van der Waals surface area contributed by atoms with Crippen molar-refractivity contribution in [1.29, 1.82) is 0 Å². The van der Waals surface area contributed by atoms with Crippen LogP contribution in [0.3, 0.4) is 0 Å². The molecular weight excluding hydrogens is 1180 g/mol. The molecule has 13 aromatic carbocycles. The Morgan fingerprint density at radius 2 is 0.639 bits per heavy atom. The van der Waals surface area contributed by atoms with Crippen LogP contribution in [0.5, 0.6) is 0 Å². The predicted octanol–water partition coefficient (Wildman–Crippen LogP) is 22.1. The molecule has 0 saturated carbocycles. The largest absolute Gasteiger partial charge is 0.309 e. The highest BCUT2D eigenvalue weighted by atomic mass is 15.2. The summed E-state index contributed by atoms with van der Waals surface area (Å²) in [5.41, 5.74) is 11.7. The van der Waals surface area contributed by atoms with Gasteiger partial charge in [-0.1, -0.05) is 232 Å². The van der Waals surface area contributed by atoms with Crippen molar-refractivity contribution in [1.82, 2.24) is 18.3 Å². The first-order valence-electron chi connectivity index (χ1n) is 39.4. The predicted molar refractivity (Wildman–Crippen MR) is 414 cm³/mol. The van der Waals surface area contributed by atoms with Gasteiger partial charge in [-0.05, 0) is 158 Å². The standard InChI is InChI=1S/C90H73BN6/c1-88(2,3)56-42-46-67-69-34-24-40-77(86(69)94(79(67)50-56)59-26-12-10-13-27-59)96-81-54-61(92-73-36-20-16-30-63(73)64-31-17-21-37-74(64)92)44-48-71(81)91-72-49-45-62(93-75-38-22-18-32-65(75)66-33-19-23-39-76(66)93)55-82(72)97(84-53-58(90(7,8)9)52-83(96)85(84)91)78-41-25-35-70-68-47-43-57(89(4,5)6)51-80(68)95(87(70)78)60-28-14-11-15-29-60/h10-55H,1-9H3/i24D,25D,34D,35D,40D,41D,42D,43D,46D,47D,50D,51D. The monoisotopic (exact) mass is 1260 g/mol. The highest BCUT2D eigenvalue weighted by Crippen LogP contribution is 2.52. The van der Waals surface area contributed by atoms with Gasteiger partial charge in [0, 0.05) is 88.6 Å². The number of nitrogens with zero attached hydrogens (tertiary/aromatic N) is 6. The van der Waals surface area contributed by atoms with Crippen LogP contribution in [0.25, 0.3) is 110 Å². The van der Waals surface area contributed by atoms with Crippen molar-refractivity contribution in [3.8, 4) is 22.7 Å². The van der Waals surface area contributed by atoms with E-state index in [0.717, 1.165) is 71.5 Å². The average Bonchev–Trinajstić information content (AvgIpc) is 1.67. The Balaban J connectivity index is 1.04. The number of rotatable bonds is 6. The minimum atomic E-state index is -0.804. The first-order chi connectivity index (χ1) is 52.1. The third kappa shape index (κ3) is 8.40. The number of fused-ring (bicyclic) bond motifs is 16. The van der Waals surface area contributed by atoms with Gasteiger partial charge >= 0.3 is 0 Å². The van der Waals surface area contributed by atoms with Crippen molar-refractivity contribution >= 4 is 144 Å². The van der Waals surface area contributed by atoms with Crippen LogP contribution in [0.1, 0.15) is 95.5 Å². The molecule has 2 aliphatic heterocycles. The van der Waals surface area contributed by atoms with Gasteiger partial charge < -0.3 is 28.1 Å². The molecule has 4 aromatic heterocycles. The van der Waals surface area contributed by atoms with Crippen LogP contribution >= 0.6 is 0 Å². The van der Waals surface area contributed by atoms with Gasteiger partial charge in [-0.3, -0.25) is 0 Å². The molecule has 7 heteroatoms. The molecule has 0 radical (unpaired) electrons. The van der Waals surface area contributed by atoms with Crippen molar-refractivity contribution in [3.63, 3.8) is 0 Å². The van der Waals surface area contributed by atoms with E-state index in [1.54, 1.807) is 0 Å². The summed E-state index contributed by atoms with van der Waals surface area (Å²) in [7, 11) is 0. The van der Waals surface area contributed by atoms with Crippen molar-refractivity contribution in [2.24, 2.45) is 0 Å². The molecule has 2 aliphatic rings. The summed E-state index contributed by atoms with van der Waals surface area (Å²) in [5, 5.41) is 4.73. The second kappa shape index (κ2) is 20.6. The molecule has 0 bridgehead atoms. The number of para-hydroxylation sites is 8. The molecule has 0 atom stereocenters. The van der Waals surface area contributed by atoms with E-state index in [-0.39, 0.29) is 115 Å². The van der Waals surface area contributed by atoms with Gasteiger partial charge in [-0.2, -0.15) is 0 Å². The van der Waals surface area contributed by atoms with E-state index < -0.39 is 35.0 Å². The molecule has 97 heavy (non-hydrogen) atoms. The van der Waals surface area contributed by atoms with E-state index in [1.807, 2.05) is 160 Å². The summed E-state index contributed by atoms with van der Waals surface area (Å²) in [6.45, 7) is 17.3. The summed E-state index contributed by atoms with van der Waals surface area (Å²) in [6.07, 6.45) is 0. The molecule has 0 amide bonds. The fourth-order valence-corrected chi connectivity index (χ4v) is 15.6. The average molecular weight is 1260 g/mol. The lowest BCUT2D eigenvalue weighted by Crippen LogP contribution is -2.61. The smallest absolute Gasteiger partial charge is 0.252 e. The second-order valence-corrected chi connectivity index (χ2v) is 29.2. The lowest BCUT2D eigenvalue weighted by Gasteiger charge is -2.45. The van der Waals surface area contributed by atoms with Crippen LogP contribution in [-0.2, 0) is 16.2 Å². The number of hydrogen-bond acceptors (Lipinski definition) is 2. The number of hydrogen-bond donors (Lipinski definition) is 0. The fraction of sp³-hybridized carbons (Fsp3) is 0.133. The summed E-state index contributed by atoms with van der Waals surface area (Å²) in [5.74, 6) is 0. The molecular formula is C90H73BN6. The van der Waals surface area contributed by atoms with Crippen LogP contribution in [0.4, 0.5) is 34.1 Å². The normalized spacial score (nSPS) is 15.1. The molecule has 466 valence electrons. The first kappa shape index (κ1) is 45.9. The molecule has 0 aliphatic carbocycles. The molecule has 0 saturated heterocycles. The van der Waals surface area contributed by atoms with Crippen molar-refractivity contribution in [2.75, 3.05) is 9.80 Å². The highest BCUT2D eigenvalue weighted by molar-refractivity contribution is 7.00. The summed E-state index contributed by atoms with van der Waals surface area (Å²) >= 11 is 0. The van der Waals surface area contributed by atoms with Gasteiger partial charge in [0.2, 0.25) is 0 Å². The molecule has 19 rings (SSSR count). The Morgan fingerprint density at radius 1 is 0.278 bits per heavy atom. The van der Waals surface area contributed by atoms with E-state index in [1.165, 1.54) is 0 Å². The van der Waals surface area contributed by atoms with Gasteiger partial charge in [0.15, 0.2) is 0 Å². The topological polar surface area (TPSA) is 26.2 Å². The third-order valence-corrected chi connectivity index (χ3v) is 20.2. The minimum absolute atomic E-state index is 0.0131. The van der Waals surface area contributed by atoms with Gasteiger partial charge in [-0.15, -0.1) is 0 Å². The maximum atomic E-state index is 10.9. The molecule has 6 heterocycles. The van der Waals surface area contributed by atoms with Gasteiger partial charge in [0.1, 0.15) is 0 Å². The fourth-order valence-electron chi connectivity index (χ4n) is 15.6. The zero-order chi connectivity index (χ0) is 76.0. The number of aromatic nitrogens is 4. The van der Waals surface area contributed by atoms with E-state index in [0.29, 0.717) is 50.7 Å². The molecule has 0 N–H and O–H groups in total. The maximum Gasteiger partial charge on any atom is 0.252 e. The Kier molecular flexibility index (Phi) is 9.77. The van der Waals surface area contributed by atoms with Crippen molar-refractivity contribution in [2.45, 2.75) is 78.6 Å². The van der Waals surface area contributed by atoms with Crippen LogP contribution in [0, 0.1) is 0 Å². The van der Waals surface area contributed by atoms with Crippen LogP contribution in [-0.4, -0.2) is 25.0 Å². The summed E-state index contributed by atoms with van der Waals surface area (Å²) in [6, 6.07) is 66.6. The van der Waals surface area contributed by atoms with E-state index in [9.17, 15) is 16.4 Å². The van der Waals surface area contributed by atoms with Gasteiger partial charge in [-0.25, -0.2) is 0 Å². The molecule has 0 spiro atoms. The first-order valence-corrected chi connectivity index (χ1v) is 33.4. The number of benzene rings is 13. The summed E-state index contributed by atoms with van der Waals surface area (Å²) < 4.78 is 132. The highest BCUT2D eigenvalue weighted by Gasteiger charge is 2.46. The Hall–Kier alpha value is -11.3. The lowest BCUT2D eigenvalue weighted by atomic mass is 9.33. The van der Waals surface area contributed by atoms with E-state index >= 15 is 0 Å². The second-order valence-electron chi connectivity index (χ2n) is 29.2. The third-order valence-electron chi connectivity index (χ3n) is 20.2. The molecule has 6 nitrogen and oxygen atoms in total. The SMILES string of the molecule is [2H]c1c(C(C)(C)C)c([2H])c2c(c1[2H])c1c([2H])c([2H])c([2H])c(N3c4cc(-n5c6ccccc6c6ccccc65)ccc4B4c5ccc(-n6c7ccccc7c7ccccc76)cc5N(c5c([2H])c([2H])c([2H])c6c7c([2H])c([2H])c(C(C)(C)C)c([2H])c7n(-c7ccccc7)c56)c5cc(C(C)(C)C)cc3c54)c1n2-c1ccccc1. The Labute approximate surface area is 583 Å². The quantitative estimate of drug-likeness (QED) is 0.155. The van der Waals surface area contributed by atoms with Crippen LogP contribution in [0.2, 0.25) is 0 Å². The number of anilines is 6. The van der Waals surface area contributed by atoms with Crippen LogP contribution in [0.15, 0.2) is 279 Å². The maximum absolute atomic E-state index is 10.9. The summed E-state index contributed by atoms with van der Waals surface area (Å²) in [4.78, 5) is 4.13. The zero-order valence-corrected chi connectivity index (χ0v) is 55.4. The van der Waals surface area contributed by atoms with Gasteiger partial charge in [0.25, 0.3) is 6.71 Å². The van der Waals surface area contributed by atoms with Crippen molar-refractivity contribution < 1.29 is 16.4 Å². The lowest BCUT2D eigenvalue weighted by molar-refractivity contribution is 0.590. The van der Waals surface area contributed by atoms with Crippen LogP contribution < -0.4 is 26.2 Å². The Bertz CT molecular complexity index is 6400. The molecule has 0 fully saturated rings. The van der Waals surface area contributed by atoms with Gasteiger partial charge in [0.05, 0.1) is 72.0 Å². The Morgan fingerprint density at radius 3 is 1.01 bits per heavy atom. The minimum Gasteiger partial charge on any atom is -0.309 e. The molecule has 0 unspecified atom stereocenters. The zero-order valence-electron chi connectivity index (χ0n) is 67.4. The molecule has 17 aromatic rings. The van der Waals surface area contributed by atoms with Crippen molar-refractivity contribution in [3.05, 3.63) is 295 Å². The van der Waals surface area contributed by atoms with E-state index in [2.05, 4.69) is 137 Å². The van der Waals surface area contributed by atoms with E-state index in [4.69, 9.17) is 0 Å².